The van der Waals surface area contributed by atoms with Crippen LogP contribution in [0.2, 0.25) is 0 Å². The molecule has 2 aliphatic rings. The molecule has 1 aliphatic carbocycles. The standard InChI is InChI=1S/C17H28N4/c1-17(2,13-19-15-6-7-15)14-20-9-11-21(12-10-20)16-5-3-4-8-18-16/h3-5,8,15,19H,6-7,9-14H2,1-2H3. The summed E-state index contributed by atoms with van der Waals surface area (Å²) in [5.41, 5.74) is 0.357. The average molecular weight is 288 g/mol. The highest BCUT2D eigenvalue weighted by molar-refractivity contribution is 5.38. The molecule has 4 heteroatoms. The van der Waals surface area contributed by atoms with Crippen LogP contribution in [0.3, 0.4) is 0 Å². The maximum absolute atomic E-state index is 4.46. The van der Waals surface area contributed by atoms with Crippen molar-refractivity contribution in [2.45, 2.75) is 32.7 Å². The van der Waals surface area contributed by atoms with Crippen LogP contribution in [0.15, 0.2) is 24.4 Å². The molecule has 1 aromatic heterocycles. The number of hydrogen-bond donors (Lipinski definition) is 1. The molecule has 4 nitrogen and oxygen atoms in total. The van der Waals surface area contributed by atoms with Gasteiger partial charge in [0.2, 0.25) is 0 Å². The van der Waals surface area contributed by atoms with Gasteiger partial charge in [0.05, 0.1) is 0 Å². The third-order valence-corrected chi connectivity index (χ3v) is 4.44. The van der Waals surface area contributed by atoms with Crippen LogP contribution < -0.4 is 10.2 Å². The average Bonchev–Trinajstić information content (AvgIpc) is 3.31. The van der Waals surface area contributed by atoms with Gasteiger partial charge in [0.15, 0.2) is 0 Å². The molecule has 0 spiro atoms. The van der Waals surface area contributed by atoms with Gasteiger partial charge in [-0.05, 0) is 30.4 Å². The summed E-state index contributed by atoms with van der Waals surface area (Å²) in [5, 5.41) is 3.67. The largest absolute Gasteiger partial charge is 0.354 e. The van der Waals surface area contributed by atoms with E-state index in [4.69, 9.17) is 0 Å². The quantitative estimate of drug-likeness (QED) is 0.867. The zero-order valence-corrected chi connectivity index (χ0v) is 13.4. The van der Waals surface area contributed by atoms with Crippen molar-refractivity contribution in [1.29, 1.82) is 0 Å². The minimum absolute atomic E-state index is 0.357. The molecule has 0 atom stereocenters. The maximum Gasteiger partial charge on any atom is 0.128 e. The number of pyridine rings is 1. The monoisotopic (exact) mass is 288 g/mol. The lowest BCUT2D eigenvalue weighted by Crippen LogP contribution is -2.50. The Bertz CT molecular complexity index is 433. The molecule has 0 unspecified atom stereocenters. The number of nitrogens with zero attached hydrogens (tertiary/aromatic N) is 3. The molecule has 2 heterocycles. The van der Waals surface area contributed by atoms with E-state index in [0.29, 0.717) is 5.41 Å². The Labute approximate surface area is 128 Å². The zero-order chi connectivity index (χ0) is 14.7. The van der Waals surface area contributed by atoms with Crippen molar-refractivity contribution in [1.82, 2.24) is 15.2 Å². The van der Waals surface area contributed by atoms with Crippen LogP contribution in [0.5, 0.6) is 0 Å². The first-order valence-corrected chi connectivity index (χ1v) is 8.24. The summed E-state index contributed by atoms with van der Waals surface area (Å²) in [5.74, 6) is 1.12. The van der Waals surface area contributed by atoms with E-state index in [1.165, 1.54) is 19.4 Å². The second kappa shape index (κ2) is 6.32. The van der Waals surface area contributed by atoms with Crippen LogP contribution in [0, 0.1) is 5.41 Å². The van der Waals surface area contributed by atoms with Crippen molar-refractivity contribution in [2.24, 2.45) is 5.41 Å². The summed E-state index contributed by atoms with van der Waals surface area (Å²) in [6, 6.07) is 6.97. The molecule has 0 aromatic carbocycles. The molecule has 1 aromatic rings. The van der Waals surface area contributed by atoms with Crippen LogP contribution >= 0.6 is 0 Å². The van der Waals surface area contributed by atoms with Crippen LogP contribution in [-0.4, -0.2) is 55.2 Å². The Morgan fingerprint density at radius 3 is 2.57 bits per heavy atom. The van der Waals surface area contributed by atoms with Crippen LogP contribution in [0.4, 0.5) is 5.82 Å². The zero-order valence-electron chi connectivity index (χ0n) is 13.4. The van der Waals surface area contributed by atoms with Crippen molar-refractivity contribution in [3.8, 4) is 0 Å². The predicted octanol–water partition coefficient (Wildman–Crippen LogP) is 1.98. The van der Waals surface area contributed by atoms with Gasteiger partial charge in [0.1, 0.15) is 5.82 Å². The van der Waals surface area contributed by atoms with Gasteiger partial charge in [-0.15, -0.1) is 0 Å². The first kappa shape index (κ1) is 14.8. The predicted molar refractivity (Wildman–Crippen MR) is 87.7 cm³/mol. The third-order valence-electron chi connectivity index (χ3n) is 4.44. The lowest BCUT2D eigenvalue weighted by molar-refractivity contribution is 0.166. The molecular formula is C17H28N4. The minimum atomic E-state index is 0.357. The normalized spacial score (nSPS) is 20.8. The highest BCUT2D eigenvalue weighted by atomic mass is 15.3. The van der Waals surface area contributed by atoms with Crippen molar-refractivity contribution in [2.75, 3.05) is 44.2 Å². The van der Waals surface area contributed by atoms with E-state index < -0.39 is 0 Å². The van der Waals surface area contributed by atoms with Crippen molar-refractivity contribution >= 4 is 5.82 Å². The van der Waals surface area contributed by atoms with Gasteiger partial charge in [-0.3, -0.25) is 4.90 Å². The van der Waals surface area contributed by atoms with Crippen LogP contribution in [0.25, 0.3) is 0 Å². The molecule has 21 heavy (non-hydrogen) atoms. The minimum Gasteiger partial charge on any atom is -0.354 e. The highest BCUT2D eigenvalue weighted by Crippen LogP contribution is 2.23. The van der Waals surface area contributed by atoms with Gasteiger partial charge in [-0.2, -0.15) is 0 Å². The van der Waals surface area contributed by atoms with E-state index in [9.17, 15) is 0 Å². The molecule has 3 rings (SSSR count). The van der Waals surface area contributed by atoms with Crippen LogP contribution in [0.1, 0.15) is 26.7 Å². The van der Waals surface area contributed by atoms with E-state index >= 15 is 0 Å². The third kappa shape index (κ3) is 4.42. The number of aromatic nitrogens is 1. The Morgan fingerprint density at radius 1 is 1.19 bits per heavy atom. The van der Waals surface area contributed by atoms with Gasteiger partial charge >= 0.3 is 0 Å². The smallest absolute Gasteiger partial charge is 0.128 e. The molecule has 0 amide bonds. The van der Waals surface area contributed by atoms with Crippen molar-refractivity contribution < 1.29 is 0 Å². The second-order valence-electron chi connectivity index (χ2n) is 7.27. The topological polar surface area (TPSA) is 31.4 Å². The SMILES string of the molecule is CC(C)(CNC1CC1)CN1CCN(c2ccccn2)CC1. The van der Waals surface area contributed by atoms with E-state index in [1.54, 1.807) is 0 Å². The molecule has 1 saturated carbocycles. The maximum atomic E-state index is 4.46. The lowest BCUT2D eigenvalue weighted by Gasteiger charge is -2.39. The van der Waals surface area contributed by atoms with Crippen LogP contribution in [-0.2, 0) is 0 Å². The summed E-state index contributed by atoms with van der Waals surface area (Å²) in [6.45, 7) is 11.5. The number of hydrogen-bond acceptors (Lipinski definition) is 4. The molecule has 1 saturated heterocycles. The first-order valence-electron chi connectivity index (χ1n) is 8.24. The van der Waals surface area contributed by atoms with E-state index in [-0.39, 0.29) is 0 Å². The van der Waals surface area contributed by atoms with Gasteiger partial charge in [-0.25, -0.2) is 4.98 Å². The summed E-state index contributed by atoms with van der Waals surface area (Å²) < 4.78 is 0. The summed E-state index contributed by atoms with van der Waals surface area (Å²) in [6.07, 6.45) is 4.63. The van der Waals surface area contributed by atoms with Gasteiger partial charge in [0, 0.05) is 51.5 Å². The molecule has 1 aliphatic heterocycles. The molecule has 0 bridgehead atoms. The van der Waals surface area contributed by atoms with Gasteiger partial charge in [0.25, 0.3) is 0 Å². The molecule has 116 valence electrons. The van der Waals surface area contributed by atoms with E-state index in [2.05, 4.69) is 46.1 Å². The summed E-state index contributed by atoms with van der Waals surface area (Å²) >= 11 is 0. The van der Waals surface area contributed by atoms with Gasteiger partial charge in [-0.1, -0.05) is 19.9 Å². The lowest BCUT2D eigenvalue weighted by atomic mass is 9.92. The number of nitrogens with one attached hydrogen (secondary N) is 1. The van der Waals surface area contributed by atoms with E-state index in [1.807, 2.05) is 12.3 Å². The highest BCUT2D eigenvalue weighted by Gasteiger charge is 2.28. The molecule has 2 fully saturated rings. The van der Waals surface area contributed by atoms with Crippen molar-refractivity contribution in [3.05, 3.63) is 24.4 Å². The Kier molecular flexibility index (Phi) is 4.45. The summed E-state index contributed by atoms with van der Waals surface area (Å²) in [4.78, 5) is 9.46. The van der Waals surface area contributed by atoms with Crippen molar-refractivity contribution in [3.63, 3.8) is 0 Å². The fourth-order valence-corrected chi connectivity index (χ4v) is 3.05. The second-order valence-corrected chi connectivity index (χ2v) is 7.27. The Hall–Kier alpha value is -1.13. The number of rotatable bonds is 6. The summed E-state index contributed by atoms with van der Waals surface area (Å²) in [7, 11) is 0. The Morgan fingerprint density at radius 2 is 1.95 bits per heavy atom. The molecule has 1 N–H and O–H groups in total. The fraction of sp³-hybridized carbons (Fsp3) is 0.706. The fourth-order valence-electron chi connectivity index (χ4n) is 3.05. The molecule has 0 radical (unpaired) electrons. The number of anilines is 1. The van der Waals surface area contributed by atoms with E-state index in [0.717, 1.165) is 44.6 Å². The first-order chi connectivity index (χ1) is 10.1. The molecular weight excluding hydrogens is 260 g/mol. The number of piperazine rings is 1. The van der Waals surface area contributed by atoms with Gasteiger partial charge < -0.3 is 10.2 Å². The Balaban J connectivity index is 1.44.